The Hall–Kier alpha value is -3.71. The van der Waals surface area contributed by atoms with Crippen LogP contribution in [0.2, 0.25) is 0 Å². The van der Waals surface area contributed by atoms with E-state index in [0.29, 0.717) is 25.2 Å². The number of aliphatic hydroxyl groups excluding tert-OH is 1. The van der Waals surface area contributed by atoms with E-state index in [1.807, 2.05) is 47.5 Å². The Labute approximate surface area is 179 Å². The van der Waals surface area contributed by atoms with Crippen LogP contribution in [0.4, 0.5) is 0 Å². The van der Waals surface area contributed by atoms with Crippen LogP contribution in [-0.2, 0) is 6.54 Å². The third-order valence-electron chi connectivity index (χ3n) is 5.72. The second kappa shape index (κ2) is 8.20. The van der Waals surface area contributed by atoms with Gasteiger partial charge in [-0.1, -0.05) is 36.4 Å². The Morgan fingerprint density at radius 2 is 2.03 bits per heavy atom. The van der Waals surface area contributed by atoms with Gasteiger partial charge in [0.1, 0.15) is 5.65 Å². The summed E-state index contributed by atoms with van der Waals surface area (Å²) in [5, 5.41) is 14.9. The molecule has 5 rings (SSSR count). The van der Waals surface area contributed by atoms with E-state index < -0.39 is 0 Å². The van der Waals surface area contributed by atoms with Crippen molar-refractivity contribution in [3.05, 3.63) is 78.3 Å². The van der Waals surface area contributed by atoms with Gasteiger partial charge < -0.3 is 15.0 Å². The van der Waals surface area contributed by atoms with Crippen LogP contribution in [0.15, 0.2) is 67.1 Å². The van der Waals surface area contributed by atoms with Crippen LogP contribution in [-0.4, -0.2) is 55.4 Å². The predicted molar refractivity (Wildman–Crippen MR) is 119 cm³/mol. The fourth-order valence-corrected chi connectivity index (χ4v) is 4.20. The lowest BCUT2D eigenvalue weighted by atomic mass is 9.99. The largest absolute Gasteiger partial charge is 0.394 e. The van der Waals surface area contributed by atoms with Gasteiger partial charge in [0, 0.05) is 42.0 Å². The monoisotopic (exact) mass is 413 g/mol. The second-order valence-electron chi connectivity index (χ2n) is 7.55. The quantitative estimate of drug-likeness (QED) is 0.525. The Balaban J connectivity index is 1.42. The molecule has 7 heteroatoms. The maximum atomic E-state index is 13.4. The van der Waals surface area contributed by atoms with E-state index in [1.54, 1.807) is 17.1 Å². The van der Waals surface area contributed by atoms with E-state index in [4.69, 9.17) is 0 Å². The molecule has 156 valence electrons. The van der Waals surface area contributed by atoms with Gasteiger partial charge in [0.05, 0.1) is 30.6 Å². The second-order valence-corrected chi connectivity index (χ2v) is 7.55. The van der Waals surface area contributed by atoms with Gasteiger partial charge in [-0.3, -0.25) is 9.48 Å². The average Bonchev–Trinajstić information content (AvgIpc) is 3.44. The van der Waals surface area contributed by atoms with Crippen LogP contribution in [0.1, 0.15) is 22.3 Å². The van der Waals surface area contributed by atoms with Gasteiger partial charge in [0.2, 0.25) is 0 Å². The fraction of sp³-hybridized carbons (Fsp3) is 0.208. The average molecular weight is 413 g/mol. The summed E-state index contributed by atoms with van der Waals surface area (Å²) in [5.41, 5.74) is 5.47. The number of aliphatic hydroxyl groups is 1. The van der Waals surface area contributed by atoms with Crippen molar-refractivity contribution in [2.45, 2.75) is 13.0 Å². The van der Waals surface area contributed by atoms with Crippen molar-refractivity contribution in [3.63, 3.8) is 0 Å². The SMILES string of the molecule is O=C(c1cnn(CCO)c1-c1ccccc1)N1CC=C(c2c[nH]c3ncccc23)CC1. The number of carbonyl (C=O) groups is 1. The zero-order valence-corrected chi connectivity index (χ0v) is 17.0. The number of pyridine rings is 1. The van der Waals surface area contributed by atoms with Crippen molar-refractivity contribution in [1.82, 2.24) is 24.6 Å². The molecule has 0 atom stereocenters. The summed E-state index contributed by atoms with van der Waals surface area (Å²) in [4.78, 5) is 22.8. The predicted octanol–water partition coefficient (Wildman–Crippen LogP) is 3.35. The maximum Gasteiger partial charge on any atom is 0.257 e. The molecule has 31 heavy (non-hydrogen) atoms. The number of aromatic nitrogens is 4. The molecule has 4 heterocycles. The van der Waals surface area contributed by atoms with E-state index in [9.17, 15) is 9.90 Å². The van der Waals surface area contributed by atoms with Gasteiger partial charge in [-0.25, -0.2) is 4.98 Å². The van der Waals surface area contributed by atoms with Crippen molar-refractivity contribution in [1.29, 1.82) is 0 Å². The summed E-state index contributed by atoms with van der Waals surface area (Å²) in [7, 11) is 0. The molecule has 0 spiro atoms. The summed E-state index contributed by atoms with van der Waals surface area (Å²) in [5.74, 6) is -0.0427. The van der Waals surface area contributed by atoms with Crippen LogP contribution in [0.3, 0.4) is 0 Å². The summed E-state index contributed by atoms with van der Waals surface area (Å²) in [6.45, 7) is 1.48. The third kappa shape index (κ3) is 3.53. The molecule has 1 amide bonds. The van der Waals surface area contributed by atoms with Gasteiger partial charge in [-0.15, -0.1) is 0 Å². The number of H-pyrrole nitrogens is 1. The number of benzene rings is 1. The summed E-state index contributed by atoms with van der Waals surface area (Å²) in [6, 6.07) is 13.7. The number of aromatic amines is 1. The van der Waals surface area contributed by atoms with Crippen molar-refractivity contribution in [3.8, 4) is 11.3 Å². The molecule has 4 aromatic rings. The lowest BCUT2D eigenvalue weighted by Gasteiger charge is -2.26. The molecular weight excluding hydrogens is 390 g/mol. The smallest absolute Gasteiger partial charge is 0.257 e. The van der Waals surface area contributed by atoms with Gasteiger partial charge in [-0.2, -0.15) is 5.10 Å². The van der Waals surface area contributed by atoms with Gasteiger partial charge >= 0.3 is 0 Å². The van der Waals surface area contributed by atoms with Crippen molar-refractivity contribution >= 4 is 22.5 Å². The number of carbonyl (C=O) groups excluding carboxylic acids is 1. The highest BCUT2D eigenvalue weighted by Crippen LogP contribution is 2.30. The van der Waals surface area contributed by atoms with Crippen LogP contribution in [0.5, 0.6) is 0 Å². The van der Waals surface area contributed by atoms with Gasteiger partial charge in [0.15, 0.2) is 0 Å². The molecular formula is C24H23N5O2. The zero-order chi connectivity index (χ0) is 21.2. The van der Waals surface area contributed by atoms with Crippen LogP contribution < -0.4 is 0 Å². The Morgan fingerprint density at radius 1 is 1.16 bits per heavy atom. The molecule has 0 radical (unpaired) electrons. The highest BCUT2D eigenvalue weighted by Gasteiger charge is 2.25. The van der Waals surface area contributed by atoms with Crippen molar-refractivity contribution < 1.29 is 9.90 Å². The number of nitrogens with zero attached hydrogens (tertiary/aromatic N) is 4. The Morgan fingerprint density at radius 3 is 2.81 bits per heavy atom. The molecule has 7 nitrogen and oxygen atoms in total. The number of hydrogen-bond donors (Lipinski definition) is 2. The molecule has 0 fully saturated rings. The van der Waals surface area contributed by atoms with E-state index in [-0.39, 0.29) is 12.5 Å². The normalized spacial score (nSPS) is 14.1. The molecule has 1 aliphatic heterocycles. The fourth-order valence-electron chi connectivity index (χ4n) is 4.20. The zero-order valence-electron chi connectivity index (χ0n) is 17.0. The first kappa shape index (κ1) is 19.3. The number of fused-ring (bicyclic) bond motifs is 1. The van der Waals surface area contributed by atoms with Crippen LogP contribution in [0, 0.1) is 0 Å². The topological polar surface area (TPSA) is 87.0 Å². The van der Waals surface area contributed by atoms with E-state index in [1.165, 1.54) is 5.57 Å². The van der Waals surface area contributed by atoms with Crippen molar-refractivity contribution in [2.24, 2.45) is 0 Å². The summed E-state index contributed by atoms with van der Waals surface area (Å²) in [6.07, 6.45) is 8.29. The first-order valence-electron chi connectivity index (χ1n) is 10.4. The molecule has 1 aliphatic rings. The minimum Gasteiger partial charge on any atom is -0.394 e. The maximum absolute atomic E-state index is 13.4. The standard InChI is InChI=1S/C24H23N5O2/c30-14-13-29-22(18-5-2-1-3-6-18)21(16-27-29)24(31)28-11-8-17(9-12-28)20-15-26-23-19(20)7-4-10-25-23/h1-8,10,15-16,30H,9,11-14H2,(H,25,26). The molecule has 2 N–H and O–H groups in total. The lowest BCUT2D eigenvalue weighted by molar-refractivity contribution is 0.0773. The molecule has 1 aromatic carbocycles. The summed E-state index contributed by atoms with van der Waals surface area (Å²) < 4.78 is 1.70. The minimum absolute atomic E-state index is 0.0373. The Bertz CT molecular complexity index is 1260. The number of hydrogen-bond acceptors (Lipinski definition) is 4. The van der Waals surface area contributed by atoms with Crippen molar-refractivity contribution in [2.75, 3.05) is 19.7 Å². The number of rotatable bonds is 5. The first-order valence-corrected chi connectivity index (χ1v) is 10.4. The highest BCUT2D eigenvalue weighted by molar-refractivity contribution is 6.00. The third-order valence-corrected chi connectivity index (χ3v) is 5.72. The van der Waals surface area contributed by atoms with Gasteiger partial charge in [0.25, 0.3) is 5.91 Å². The number of nitrogens with one attached hydrogen (secondary N) is 1. The molecule has 0 saturated heterocycles. The van der Waals surface area contributed by atoms with E-state index in [0.717, 1.165) is 34.3 Å². The van der Waals surface area contributed by atoms with E-state index >= 15 is 0 Å². The number of amides is 1. The lowest BCUT2D eigenvalue weighted by Crippen LogP contribution is -2.34. The molecule has 3 aromatic heterocycles. The van der Waals surface area contributed by atoms with Crippen LogP contribution in [0.25, 0.3) is 27.9 Å². The van der Waals surface area contributed by atoms with E-state index in [2.05, 4.69) is 27.2 Å². The molecule has 0 unspecified atom stereocenters. The molecule has 0 bridgehead atoms. The van der Waals surface area contributed by atoms with Crippen LogP contribution >= 0.6 is 0 Å². The Kier molecular flexibility index (Phi) is 5.09. The minimum atomic E-state index is -0.0427. The summed E-state index contributed by atoms with van der Waals surface area (Å²) >= 11 is 0. The highest BCUT2D eigenvalue weighted by atomic mass is 16.3. The molecule has 0 aliphatic carbocycles. The molecule has 0 saturated carbocycles. The van der Waals surface area contributed by atoms with Gasteiger partial charge in [-0.05, 0) is 24.1 Å². The first-order chi connectivity index (χ1) is 15.3.